The van der Waals surface area contributed by atoms with Gasteiger partial charge < -0.3 is 33.8 Å². The highest BCUT2D eigenvalue weighted by Crippen LogP contribution is 2.45. The number of ether oxygens (including phenoxy) is 4. The number of hydrogen-bond acceptors (Lipinski definition) is 15. The lowest BCUT2D eigenvalue weighted by Crippen LogP contribution is -2.30. The van der Waals surface area contributed by atoms with Gasteiger partial charge in [0.25, 0.3) is 0 Å². The quantitative estimate of drug-likeness (QED) is 0.0222. The molecule has 0 fully saturated rings. The Bertz CT molecular complexity index is 1820. The van der Waals surface area contributed by atoms with E-state index in [-0.39, 0.29) is 25.7 Å². The van der Waals surface area contributed by atoms with Gasteiger partial charge in [-0.1, -0.05) is 312 Å². The van der Waals surface area contributed by atoms with E-state index in [1.807, 2.05) is 0 Å². The number of unbranched alkanes of at least 4 members (excludes halogenated alkanes) is 34. The van der Waals surface area contributed by atoms with E-state index < -0.39 is 97.5 Å². The molecular weight excluding hydrogens is 1210 g/mol. The van der Waals surface area contributed by atoms with Gasteiger partial charge in [0.2, 0.25) is 0 Å². The van der Waals surface area contributed by atoms with Gasteiger partial charge in [-0.15, -0.1) is 0 Å². The summed E-state index contributed by atoms with van der Waals surface area (Å²) in [4.78, 5) is 72.6. The fourth-order valence-corrected chi connectivity index (χ4v) is 12.5. The van der Waals surface area contributed by atoms with Gasteiger partial charge in [0.1, 0.15) is 19.3 Å². The first-order chi connectivity index (χ1) is 44.2. The van der Waals surface area contributed by atoms with Crippen molar-refractivity contribution in [2.75, 3.05) is 39.6 Å². The standard InChI is InChI=1S/C73H142O17P2/c1-9-65(7)51-43-35-26-22-19-20-24-28-40-48-56-73(78)90-69(60-84-71(76)54-46-38-32-30-36-44-52-66(8)10-2)62-88-92(81,82)86-58-67(74)57-85-91(79,80)87-61-68(59-83-70(75)53-45-37-31-29-34-42-50-64(5)6)89-72(77)55-47-39-27-23-18-16-14-12-11-13-15-17-21-25-33-41-49-63(3)4/h63-69,74H,9-62H2,1-8H3,(H,79,80)(H,81,82)/t65?,66?,67?,68-,69-/m1/s1. The molecule has 0 aromatic heterocycles. The van der Waals surface area contributed by atoms with Crippen molar-refractivity contribution in [1.82, 2.24) is 0 Å². The van der Waals surface area contributed by atoms with Crippen molar-refractivity contribution in [2.45, 2.75) is 382 Å². The lowest BCUT2D eigenvalue weighted by atomic mass is 9.99. The van der Waals surface area contributed by atoms with Crippen molar-refractivity contribution < 1.29 is 80.2 Å². The summed E-state index contributed by atoms with van der Waals surface area (Å²) in [5, 5.41) is 10.6. The molecule has 0 aliphatic rings. The lowest BCUT2D eigenvalue weighted by molar-refractivity contribution is -0.161. The fourth-order valence-electron chi connectivity index (χ4n) is 11.0. The number of hydrogen-bond donors (Lipinski definition) is 3. The first-order valence-electron chi connectivity index (χ1n) is 37.8. The molecule has 0 aromatic rings. The van der Waals surface area contributed by atoms with Crippen LogP contribution in [-0.4, -0.2) is 96.7 Å². The van der Waals surface area contributed by atoms with Crippen LogP contribution in [0.4, 0.5) is 0 Å². The highest BCUT2D eigenvalue weighted by molar-refractivity contribution is 7.47. The normalized spacial score (nSPS) is 14.8. The summed E-state index contributed by atoms with van der Waals surface area (Å²) in [6.07, 6.45) is 46.0. The minimum Gasteiger partial charge on any atom is -0.462 e. The van der Waals surface area contributed by atoms with Crippen molar-refractivity contribution in [3.63, 3.8) is 0 Å². The van der Waals surface area contributed by atoms with Crippen LogP contribution >= 0.6 is 15.6 Å². The van der Waals surface area contributed by atoms with E-state index in [9.17, 15) is 43.2 Å². The van der Waals surface area contributed by atoms with Crippen LogP contribution in [-0.2, 0) is 65.4 Å². The zero-order valence-corrected chi connectivity index (χ0v) is 62.0. The number of aliphatic hydroxyl groups excluding tert-OH is 1. The van der Waals surface area contributed by atoms with Crippen molar-refractivity contribution >= 4 is 39.5 Å². The number of phosphoric ester groups is 2. The average molecular weight is 1350 g/mol. The summed E-state index contributed by atoms with van der Waals surface area (Å²) >= 11 is 0. The Labute approximate surface area is 562 Å². The smallest absolute Gasteiger partial charge is 0.462 e. The predicted octanol–water partition coefficient (Wildman–Crippen LogP) is 20.9. The minimum absolute atomic E-state index is 0.105. The Morgan fingerprint density at radius 1 is 0.304 bits per heavy atom. The van der Waals surface area contributed by atoms with E-state index >= 15 is 0 Å². The van der Waals surface area contributed by atoms with Gasteiger partial charge in [-0.25, -0.2) is 9.13 Å². The summed E-state index contributed by atoms with van der Waals surface area (Å²) < 4.78 is 68.3. The van der Waals surface area contributed by atoms with Gasteiger partial charge in [0.15, 0.2) is 12.2 Å². The number of carbonyl (C=O) groups excluding carboxylic acids is 4. The third-order valence-electron chi connectivity index (χ3n) is 17.5. The molecule has 17 nitrogen and oxygen atoms in total. The molecular formula is C73H142O17P2. The Kier molecular flexibility index (Phi) is 61.3. The third-order valence-corrected chi connectivity index (χ3v) is 19.4. The molecule has 0 amide bonds. The van der Waals surface area contributed by atoms with Gasteiger partial charge in [0.05, 0.1) is 26.4 Å². The number of esters is 4. The van der Waals surface area contributed by atoms with Crippen LogP contribution in [0.5, 0.6) is 0 Å². The molecule has 0 bridgehead atoms. The molecule has 92 heavy (non-hydrogen) atoms. The first-order valence-corrected chi connectivity index (χ1v) is 40.8. The highest BCUT2D eigenvalue weighted by Gasteiger charge is 2.30. The van der Waals surface area contributed by atoms with Crippen LogP contribution in [0, 0.1) is 23.7 Å². The van der Waals surface area contributed by atoms with Crippen LogP contribution < -0.4 is 0 Å². The SMILES string of the molecule is CCC(C)CCCCCCCCCCCCC(=O)O[C@H](COC(=O)CCCCCCCCC(C)CC)COP(=O)(O)OCC(O)COP(=O)(O)OC[C@@H](COC(=O)CCCCCCCCC(C)C)OC(=O)CCCCCCCCCCCCCCCCCCC(C)C. The molecule has 5 unspecified atom stereocenters. The molecule has 0 saturated carbocycles. The number of aliphatic hydroxyl groups is 1. The van der Waals surface area contributed by atoms with E-state index in [2.05, 4.69) is 55.4 Å². The van der Waals surface area contributed by atoms with Crippen molar-refractivity contribution in [2.24, 2.45) is 23.7 Å². The van der Waals surface area contributed by atoms with Crippen molar-refractivity contribution in [3.8, 4) is 0 Å². The molecule has 7 atom stereocenters. The molecule has 0 aromatic carbocycles. The maximum atomic E-state index is 13.0. The van der Waals surface area contributed by atoms with Gasteiger partial charge in [0, 0.05) is 25.7 Å². The van der Waals surface area contributed by atoms with Gasteiger partial charge in [-0.2, -0.15) is 0 Å². The Morgan fingerprint density at radius 2 is 0.522 bits per heavy atom. The van der Waals surface area contributed by atoms with E-state index in [4.69, 9.17) is 37.0 Å². The molecule has 0 radical (unpaired) electrons. The van der Waals surface area contributed by atoms with Crippen molar-refractivity contribution in [1.29, 1.82) is 0 Å². The summed E-state index contributed by atoms with van der Waals surface area (Å²) in [6, 6.07) is 0. The maximum absolute atomic E-state index is 13.0. The largest absolute Gasteiger partial charge is 0.472 e. The third kappa shape index (κ3) is 64.1. The van der Waals surface area contributed by atoms with Crippen LogP contribution in [0.15, 0.2) is 0 Å². The van der Waals surface area contributed by atoms with Crippen LogP contribution in [0.2, 0.25) is 0 Å². The van der Waals surface area contributed by atoms with E-state index in [1.165, 1.54) is 154 Å². The maximum Gasteiger partial charge on any atom is 0.472 e. The summed E-state index contributed by atoms with van der Waals surface area (Å²) in [6.45, 7) is 14.1. The molecule has 0 heterocycles. The van der Waals surface area contributed by atoms with Gasteiger partial charge in [-0.3, -0.25) is 37.3 Å². The van der Waals surface area contributed by atoms with E-state index in [0.29, 0.717) is 31.6 Å². The summed E-state index contributed by atoms with van der Waals surface area (Å²) in [5.41, 5.74) is 0. The second-order valence-electron chi connectivity index (χ2n) is 27.8. The van der Waals surface area contributed by atoms with Gasteiger partial charge in [-0.05, 0) is 49.4 Å². The molecule has 546 valence electrons. The predicted molar refractivity (Wildman–Crippen MR) is 372 cm³/mol. The molecule has 0 rings (SSSR count). The number of carbonyl (C=O) groups is 4. The topological polar surface area (TPSA) is 237 Å². The number of phosphoric acid groups is 2. The van der Waals surface area contributed by atoms with Crippen LogP contribution in [0.25, 0.3) is 0 Å². The molecule has 0 saturated heterocycles. The molecule has 0 aliphatic heterocycles. The summed E-state index contributed by atoms with van der Waals surface area (Å²) in [7, 11) is -9.91. The Morgan fingerprint density at radius 3 is 0.772 bits per heavy atom. The molecule has 3 N–H and O–H groups in total. The number of rotatable bonds is 70. The van der Waals surface area contributed by atoms with E-state index in [1.54, 1.807) is 0 Å². The monoisotopic (exact) mass is 1350 g/mol. The second-order valence-corrected chi connectivity index (χ2v) is 30.7. The van der Waals surface area contributed by atoms with Crippen molar-refractivity contribution in [3.05, 3.63) is 0 Å². The zero-order valence-electron chi connectivity index (χ0n) is 60.2. The molecule has 19 heteroatoms. The van der Waals surface area contributed by atoms with E-state index in [0.717, 1.165) is 120 Å². The molecule has 0 aliphatic carbocycles. The first kappa shape index (κ1) is 90.1. The van der Waals surface area contributed by atoms with Crippen LogP contribution in [0.3, 0.4) is 0 Å². The second kappa shape index (κ2) is 62.6. The molecule has 0 spiro atoms. The summed E-state index contributed by atoms with van der Waals surface area (Å²) in [5.74, 6) is 0.894. The Balaban J connectivity index is 5.20. The highest BCUT2D eigenvalue weighted by atomic mass is 31.2. The fraction of sp³-hybridized carbons (Fsp3) is 0.945. The van der Waals surface area contributed by atoms with Gasteiger partial charge >= 0.3 is 39.5 Å². The Hall–Kier alpha value is -1.94. The van der Waals surface area contributed by atoms with Crippen LogP contribution in [0.1, 0.15) is 364 Å². The average Bonchev–Trinajstić information content (AvgIpc) is 2.56. The zero-order chi connectivity index (χ0) is 68.2. The lowest BCUT2D eigenvalue weighted by Gasteiger charge is -2.21. The minimum atomic E-state index is -4.95.